The molecule has 1 saturated heterocycles. The van der Waals surface area contributed by atoms with Crippen molar-refractivity contribution >= 4 is 23.1 Å². The molecule has 1 aromatic rings. The molecule has 1 fully saturated rings. The van der Waals surface area contributed by atoms with Crippen LogP contribution in [0.15, 0.2) is 6.33 Å². The lowest BCUT2D eigenvalue weighted by Crippen LogP contribution is -2.38. The van der Waals surface area contributed by atoms with Crippen LogP contribution < -0.4 is 11.1 Å². The number of nitrogens with two attached hydrogens (primary N) is 1. The summed E-state index contributed by atoms with van der Waals surface area (Å²) in [6.45, 7) is 5.51. The van der Waals surface area contributed by atoms with Crippen molar-refractivity contribution in [2.24, 2.45) is 0 Å². The number of nitrogens with one attached hydrogen (secondary N) is 1. The minimum absolute atomic E-state index is 0.308. The number of piperidine rings is 1. The van der Waals surface area contributed by atoms with Gasteiger partial charge in [-0.05, 0) is 32.7 Å². The fourth-order valence-corrected chi connectivity index (χ4v) is 2.63. The van der Waals surface area contributed by atoms with Gasteiger partial charge in [-0.15, -0.1) is 0 Å². The fraction of sp³-hybridized carbons (Fsp3) is 0.692. The monoisotopic (exact) mass is 283 g/mol. The van der Waals surface area contributed by atoms with E-state index in [1.807, 2.05) is 0 Å². The predicted molar refractivity (Wildman–Crippen MR) is 79.4 cm³/mol. The minimum atomic E-state index is 0.308. The number of aromatic nitrogens is 2. The number of hydrogen-bond acceptors (Lipinski definition) is 5. The Morgan fingerprint density at radius 3 is 3.11 bits per heavy atom. The normalized spacial score (nSPS) is 20.4. The number of halogens is 1. The molecule has 2 heterocycles. The molecule has 0 aromatic carbocycles. The smallest absolute Gasteiger partial charge is 0.157 e. The number of anilines is 2. The zero-order chi connectivity index (χ0) is 13.7. The highest BCUT2D eigenvalue weighted by molar-refractivity contribution is 6.32. The Morgan fingerprint density at radius 2 is 2.32 bits per heavy atom. The molecule has 3 N–H and O–H groups in total. The summed E-state index contributed by atoms with van der Waals surface area (Å²) in [5, 5.41) is 3.53. The van der Waals surface area contributed by atoms with E-state index in [2.05, 4.69) is 27.1 Å². The van der Waals surface area contributed by atoms with Gasteiger partial charge in [-0.3, -0.25) is 0 Å². The number of likely N-dealkylation sites (tertiary alicyclic amines) is 1. The van der Waals surface area contributed by atoms with Crippen LogP contribution in [0.5, 0.6) is 0 Å². The standard InChI is InChI=1S/C13H22ClN5/c1-10-5-2-3-7-19(10)8-4-6-16-13-11(15)12(14)17-9-18-13/h9-10H,2-8,15H2,1H3,(H,16,17,18). The Morgan fingerprint density at radius 1 is 1.47 bits per heavy atom. The van der Waals surface area contributed by atoms with Gasteiger partial charge in [0.2, 0.25) is 0 Å². The molecular weight excluding hydrogens is 262 g/mol. The highest BCUT2D eigenvalue weighted by Crippen LogP contribution is 2.21. The number of rotatable bonds is 5. The average molecular weight is 284 g/mol. The van der Waals surface area contributed by atoms with Crippen molar-refractivity contribution in [1.29, 1.82) is 0 Å². The van der Waals surface area contributed by atoms with Gasteiger partial charge in [0.25, 0.3) is 0 Å². The van der Waals surface area contributed by atoms with Gasteiger partial charge >= 0.3 is 0 Å². The van der Waals surface area contributed by atoms with E-state index in [1.54, 1.807) is 0 Å². The third-order valence-corrected chi connectivity index (χ3v) is 3.99. The second-order valence-corrected chi connectivity index (χ2v) is 5.45. The Labute approximate surface area is 119 Å². The van der Waals surface area contributed by atoms with Gasteiger partial charge in [0, 0.05) is 19.1 Å². The summed E-state index contributed by atoms with van der Waals surface area (Å²) < 4.78 is 0. The lowest BCUT2D eigenvalue weighted by molar-refractivity contribution is 0.160. The summed E-state index contributed by atoms with van der Waals surface area (Å²) in [5.74, 6) is 0.631. The molecule has 0 amide bonds. The first kappa shape index (κ1) is 14.3. The third kappa shape index (κ3) is 3.94. The molecule has 1 atom stereocenters. The van der Waals surface area contributed by atoms with Crippen molar-refractivity contribution in [3.63, 3.8) is 0 Å². The van der Waals surface area contributed by atoms with Crippen LogP contribution >= 0.6 is 11.6 Å². The molecule has 1 aliphatic heterocycles. The van der Waals surface area contributed by atoms with Crippen LogP contribution in [0, 0.1) is 0 Å². The molecule has 6 heteroatoms. The van der Waals surface area contributed by atoms with Gasteiger partial charge in [0.15, 0.2) is 11.0 Å². The third-order valence-electron chi connectivity index (χ3n) is 3.69. The second kappa shape index (κ2) is 6.91. The first-order chi connectivity index (χ1) is 9.18. The lowest BCUT2D eigenvalue weighted by Gasteiger charge is -2.33. The number of nitrogen functional groups attached to an aromatic ring is 1. The van der Waals surface area contributed by atoms with Crippen LogP contribution in [-0.2, 0) is 0 Å². The molecule has 19 heavy (non-hydrogen) atoms. The molecular formula is C13H22ClN5. The van der Waals surface area contributed by atoms with Crippen molar-refractivity contribution < 1.29 is 0 Å². The van der Waals surface area contributed by atoms with Crippen LogP contribution in [0.2, 0.25) is 5.15 Å². The van der Waals surface area contributed by atoms with Crippen LogP contribution in [-0.4, -0.2) is 40.5 Å². The minimum Gasteiger partial charge on any atom is -0.393 e. The van der Waals surface area contributed by atoms with Crippen molar-refractivity contribution in [3.8, 4) is 0 Å². The Bertz CT molecular complexity index is 412. The van der Waals surface area contributed by atoms with E-state index in [9.17, 15) is 0 Å². The maximum Gasteiger partial charge on any atom is 0.157 e. The molecule has 1 unspecified atom stereocenters. The van der Waals surface area contributed by atoms with E-state index < -0.39 is 0 Å². The molecule has 0 bridgehead atoms. The van der Waals surface area contributed by atoms with Crippen molar-refractivity contribution in [2.45, 2.75) is 38.6 Å². The molecule has 2 rings (SSSR count). The molecule has 0 saturated carbocycles. The maximum atomic E-state index is 5.84. The SMILES string of the molecule is CC1CCCCN1CCCNc1ncnc(Cl)c1N. The van der Waals surface area contributed by atoms with Crippen molar-refractivity contribution in [1.82, 2.24) is 14.9 Å². The first-order valence-corrected chi connectivity index (χ1v) is 7.30. The van der Waals surface area contributed by atoms with Crippen LogP contribution in [0.1, 0.15) is 32.6 Å². The van der Waals surface area contributed by atoms with Gasteiger partial charge in [-0.25, -0.2) is 9.97 Å². The molecule has 0 radical (unpaired) electrons. The summed E-state index contributed by atoms with van der Waals surface area (Å²) in [5.41, 5.74) is 6.23. The highest BCUT2D eigenvalue weighted by Gasteiger charge is 2.17. The highest BCUT2D eigenvalue weighted by atomic mass is 35.5. The molecule has 1 aliphatic rings. The second-order valence-electron chi connectivity index (χ2n) is 5.09. The Kier molecular flexibility index (Phi) is 5.22. The summed E-state index contributed by atoms with van der Waals surface area (Å²) in [7, 11) is 0. The molecule has 0 spiro atoms. The van der Waals surface area contributed by atoms with E-state index in [0.717, 1.165) is 19.5 Å². The number of nitrogens with zero attached hydrogens (tertiary/aromatic N) is 3. The fourth-order valence-electron chi connectivity index (χ4n) is 2.49. The van der Waals surface area contributed by atoms with Crippen molar-refractivity contribution in [2.75, 3.05) is 30.7 Å². The summed E-state index contributed by atoms with van der Waals surface area (Å²) in [6.07, 6.45) is 6.51. The van der Waals surface area contributed by atoms with Crippen LogP contribution in [0.3, 0.4) is 0 Å². The lowest BCUT2D eigenvalue weighted by atomic mass is 10.0. The van der Waals surface area contributed by atoms with E-state index in [4.69, 9.17) is 17.3 Å². The van der Waals surface area contributed by atoms with Gasteiger partial charge in [-0.1, -0.05) is 18.0 Å². The maximum absolute atomic E-state index is 5.84. The van der Waals surface area contributed by atoms with Gasteiger partial charge in [0.05, 0.1) is 0 Å². The molecule has 0 aliphatic carbocycles. The summed E-state index contributed by atoms with van der Waals surface area (Å²) in [6, 6.07) is 0.715. The average Bonchev–Trinajstić information content (AvgIpc) is 2.41. The zero-order valence-electron chi connectivity index (χ0n) is 11.4. The van der Waals surface area contributed by atoms with Crippen molar-refractivity contribution in [3.05, 3.63) is 11.5 Å². The van der Waals surface area contributed by atoms with Crippen LogP contribution in [0.25, 0.3) is 0 Å². The first-order valence-electron chi connectivity index (χ1n) is 6.92. The Hall–Kier alpha value is -1.07. The van der Waals surface area contributed by atoms with Gasteiger partial charge in [-0.2, -0.15) is 0 Å². The van der Waals surface area contributed by atoms with E-state index >= 15 is 0 Å². The number of hydrogen-bond donors (Lipinski definition) is 2. The quantitative estimate of drug-likeness (QED) is 0.641. The van der Waals surface area contributed by atoms with E-state index in [0.29, 0.717) is 22.7 Å². The molecule has 1 aromatic heterocycles. The van der Waals surface area contributed by atoms with Gasteiger partial charge in [0.1, 0.15) is 12.0 Å². The topological polar surface area (TPSA) is 67.1 Å². The summed E-state index contributed by atoms with van der Waals surface area (Å²) in [4.78, 5) is 10.5. The zero-order valence-corrected chi connectivity index (χ0v) is 12.2. The summed E-state index contributed by atoms with van der Waals surface area (Å²) >= 11 is 5.84. The molecule has 106 valence electrons. The molecule has 5 nitrogen and oxygen atoms in total. The van der Waals surface area contributed by atoms with E-state index in [-0.39, 0.29) is 0 Å². The predicted octanol–water partition coefficient (Wildman–Crippen LogP) is 2.39. The van der Waals surface area contributed by atoms with E-state index in [1.165, 1.54) is 32.1 Å². The van der Waals surface area contributed by atoms with Crippen LogP contribution in [0.4, 0.5) is 11.5 Å². The largest absolute Gasteiger partial charge is 0.393 e. The van der Waals surface area contributed by atoms with Gasteiger partial charge < -0.3 is 16.0 Å². The Balaban J connectivity index is 1.73.